The first-order valence-electron chi connectivity index (χ1n) is 5.48. The van der Waals surface area contributed by atoms with Crippen LogP contribution in [0, 0.1) is 5.41 Å². The molecule has 0 rings (SSSR count). The highest BCUT2D eigenvalue weighted by Gasteiger charge is 2.22. The molecule has 5 heteroatoms. The summed E-state index contributed by atoms with van der Waals surface area (Å²) in [5, 5.41) is 14.7. The van der Waals surface area contributed by atoms with Crippen LogP contribution in [0.2, 0.25) is 0 Å². The van der Waals surface area contributed by atoms with Crippen molar-refractivity contribution in [1.29, 1.82) is 0 Å². The van der Waals surface area contributed by atoms with Crippen LogP contribution < -0.4 is 10.6 Å². The minimum absolute atomic E-state index is 0.0382. The van der Waals surface area contributed by atoms with Crippen LogP contribution in [-0.2, 0) is 9.59 Å². The summed E-state index contributed by atoms with van der Waals surface area (Å²) >= 11 is 0. The fourth-order valence-electron chi connectivity index (χ4n) is 0.883. The number of hydrogen-bond acceptors (Lipinski definition) is 3. The van der Waals surface area contributed by atoms with Crippen molar-refractivity contribution in [3.63, 3.8) is 0 Å². The normalized spacial score (nSPS) is 13.1. The Morgan fingerprint density at radius 2 is 1.75 bits per heavy atom. The van der Waals surface area contributed by atoms with Gasteiger partial charge in [-0.25, -0.2) is 0 Å². The molecule has 16 heavy (non-hydrogen) atoms. The first-order valence-corrected chi connectivity index (χ1v) is 5.48. The molecule has 5 nitrogen and oxygen atoms in total. The van der Waals surface area contributed by atoms with E-state index in [9.17, 15) is 14.7 Å². The van der Waals surface area contributed by atoms with Crippen molar-refractivity contribution in [2.24, 2.45) is 5.41 Å². The molecule has 2 amide bonds. The molecule has 0 aliphatic rings. The van der Waals surface area contributed by atoms with Gasteiger partial charge in [0.15, 0.2) is 0 Å². The lowest BCUT2D eigenvalue weighted by atomic mass is 9.89. The van der Waals surface area contributed by atoms with Gasteiger partial charge in [0.25, 0.3) is 0 Å². The molecule has 0 aliphatic carbocycles. The predicted molar refractivity (Wildman–Crippen MR) is 61.8 cm³/mol. The first kappa shape index (κ1) is 14.9. The topological polar surface area (TPSA) is 78.4 Å². The number of nitrogens with one attached hydrogen (secondary N) is 2. The quantitative estimate of drug-likeness (QED) is 0.624. The third kappa shape index (κ3) is 6.40. The summed E-state index contributed by atoms with van der Waals surface area (Å²) in [5.41, 5.74) is -0.264. The van der Waals surface area contributed by atoms with Gasteiger partial charge >= 0.3 is 0 Å². The standard InChI is InChI=1S/C11H22N2O3/c1-5-9(15)13-7-10(16)12-6-8(14)11(2,3)4/h8,14H,5-7H2,1-4H3,(H,12,16)(H,13,15). The maximum Gasteiger partial charge on any atom is 0.239 e. The molecule has 0 saturated carbocycles. The maximum atomic E-state index is 11.3. The predicted octanol–water partition coefficient (Wildman–Crippen LogP) is 0.0358. The van der Waals surface area contributed by atoms with Crippen LogP contribution in [0.5, 0.6) is 0 Å². The molecule has 0 saturated heterocycles. The van der Waals surface area contributed by atoms with Gasteiger partial charge in [0.1, 0.15) is 0 Å². The summed E-state index contributed by atoms with van der Waals surface area (Å²) in [7, 11) is 0. The Labute approximate surface area is 96.6 Å². The molecule has 0 aromatic carbocycles. The Balaban J connectivity index is 3.78. The van der Waals surface area contributed by atoms with E-state index in [1.54, 1.807) is 6.92 Å². The molecule has 0 spiro atoms. The van der Waals surface area contributed by atoms with E-state index >= 15 is 0 Å². The lowest BCUT2D eigenvalue weighted by molar-refractivity contribution is -0.126. The summed E-state index contributed by atoms with van der Waals surface area (Å²) < 4.78 is 0. The van der Waals surface area contributed by atoms with Crippen molar-refractivity contribution in [1.82, 2.24) is 10.6 Å². The van der Waals surface area contributed by atoms with Crippen LogP contribution >= 0.6 is 0 Å². The Bertz CT molecular complexity index is 246. The van der Waals surface area contributed by atoms with E-state index in [4.69, 9.17) is 0 Å². The SMILES string of the molecule is CCC(=O)NCC(=O)NCC(O)C(C)(C)C. The zero-order valence-electron chi connectivity index (χ0n) is 10.5. The van der Waals surface area contributed by atoms with E-state index in [2.05, 4.69) is 10.6 Å². The zero-order chi connectivity index (χ0) is 12.8. The minimum Gasteiger partial charge on any atom is -0.391 e. The van der Waals surface area contributed by atoms with Gasteiger partial charge in [-0.05, 0) is 5.41 Å². The van der Waals surface area contributed by atoms with E-state index in [-0.39, 0.29) is 30.3 Å². The summed E-state index contributed by atoms with van der Waals surface area (Å²) in [6.45, 7) is 7.55. The van der Waals surface area contributed by atoms with Gasteiger partial charge in [-0.15, -0.1) is 0 Å². The van der Waals surface area contributed by atoms with Crippen LogP contribution in [0.1, 0.15) is 34.1 Å². The molecule has 3 N–H and O–H groups in total. The van der Waals surface area contributed by atoms with Gasteiger partial charge in [0.2, 0.25) is 11.8 Å². The van der Waals surface area contributed by atoms with Gasteiger partial charge in [-0.2, -0.15) is 0 Å². The number of amides is 2. The van der Waals surface area contributed by atoms with Crippen molar-refractivity contribution in [2.75, 3.05) is 13.1 Å². The minimum atomic E-state index is -0.599. The molecular weight excluding hydrogens is 208 g/mol. The third-order valence-corrected chi connectivity index (χ3v) is 2.26. The maximum absolute atomic E-state index is 11.3. The lowest BCUT2D eigenvalue weighted by Gasteiger charge is -2.25. The van der Waals surface area contributed by atoms with E-state index in [1.165, 1.54) is 0 Å². The molecule has 0 aliphatic heterocycles. The highest BCUT2D eigenvalue weighted by atomic mass is 16.3. The van der Waals surface area contributed by atoms with E-state index in [1.807, 2.05) is 20.8 Å². The van der Waals surface area contributed by atoms with Gasteiger partial charge in [0.05, 0.1) is 12.6 Å². The molecular formula is C11H22N2O3. The molecule has 0 aromatic heterocycles. The van der Waals surface area contributed by atoms with Crippen molar-refractivity contribution in [3.8, 4) is 0 Å². The van der Waals surface area contributed by atoms with Crippen molar-refractivity contribution < 1.29 is 14.7 Å². The van der Waals surface area contributed by atoms with Gasteiger partial charge in [-0.3, -0.25) is 9.59 Å². The Morgan fingerprint density at radius 3 is 2.19 bits per heavy atom. The smallest absolute Gasteiger partial charge is 0.239 e. The van der Waals surface area contributed by atoms with Crippen LogP contribution in [0.3, 0.4) is 0 Å². The largest absolute Gasteiger partial charge is 0.391 e. The fourth-order valence-corrected chi connectivity index (χ4v) is 0.883. The number of carbonyl (C=O) groups excluding carboxylic acids is 2. The zero-order valence-corrected chi connectivity index (χ0v) is 10.5. The molecule has 1 unspecified atom stereocenters. The molecule has 1 atom stereocenters. The number of rotatable bonds is 5. The fraction of sp³-hybridized carbons (Fsp3) is 0.818. The highest BCUT2D eigenvalue weighted by molar-refractivity contribution is 5.84. The van der Waals surface area contributed by atoms with E-state index < -0.39 is 6.10 Å². The Morgan fingerprint density at radius 1 is 1.19 bits per heavy atom. The highest BCUT2D eigenvalue weighted by Crippen LogP contribution is 2.17. The van der Waals surface area contributed by atoms with Gasteiger partial charge in [0, 0.05) is 13.0 Å². The Kier molecular flexibility index (Phi) is 6.03. The molecule has 0 heterocycles. The first-order chi connectivity index (χ1) is 7.27. The molecule has 0 fully saturated rings. The van der Waals surface area contributed by atoms with E-state index in [0.717, 1.165) is 0 Å². The van der Waals surface area contributed by atoms with Crippen LogP contribution in [0.4, 0.5) is 0 Å². The Hall–Kier alpha value is -1.10. The average Bonchev–Trinajstić information content (AvgIpc) is 2.20. The van der Waals surface area contributed by atoms with Crippen LogP contribution in [0.15, 0.2) is 0 Å². The number of aliphatic hydroxyl groups excluding tert-OH is 1. The second-order valence-electron chi connectivity index (χ2n) is 4.82. The van der Waals surface area contributed by atoms with Gasteiger partial charge in [-0.1, -0.05) is 27.7 Å². The molecule has 0 bridgehead atoms. The third-order valence-electron chi connectivity index (χ3n) is 2.26. The summed E-state index contributed by atoms with van der Waals surface area (Å²) in [6, 6.07) is 0. The molecule has 94 valence electrons. The summed E-state index contributed by atoms with van der Waals surface area (Å²) in [6.07, 6.45) is -0.240. The van der Waals surface area contributed by atoms with Crippen LogP contribution in [0.25, 0.3) is 0 Å². The molecule has 0 aromatic rings. The van der Waals surface area contributed by atoms with Gasteiger partial charge < -0.3 is 15.7 Å². The number of aliphatic hydroxyl groups is 1. The summed E-state index contributed by atoms with van der Waals surface area (Å²) in [4.78, 5) is 22.1. The second-order valence-corrected chi connectivity index (χ2v) is 4.82. The van der Waals surface area contributed by atoms with Crippen molar-refractivity contribution >= 4 is 11.8 Å². The molecule has 0 radical (unpaired) electrons. The summed E-state index contributed by atoms with van der Waals surface area (Å²) in [5.74, 6) is -0.448. The lowest BCUT2D eigenvalue weighted by Crippen LogP contribution is -2.43. The average molecular weight is 230 g/mol. The van der Waals surface area contributed by atoms with Crippen LogP contribution in [-0.4, -0.2) is 36.1 Å². The monoisotopic (exact) mass is 230 g/mol. The number of hydrogen-bond donors (Lipinski definition) is 3. The van der Waals surface area contributed by atoms with Crippen molar-refractivity contribution in [3.05, 3.63) is 0 Å². The number of carbonyl (C=O) groups is 2. The van der Waals surface area contributed by atoms with Crippen molar-refractivity contribution in [2.45, 2.75) is 40.2 Å². The second kappa shape index (κ2) is 6.48. The van der Waals surface area contributed by atoms with E-state index in [0.29, 0.717) is 6.42 Å².